The van der Waals surface area contributed by atoms with Crippen LogP contribution in [0.5, 0.6) is 5.75 Å². The number of carbonyl (C=O) groups is 1. The molecular formula is C21H26N4O2. The molecule has 0 saturated heterocycles. The van der Waals surface area contributed by atoms with E-state index >= 15 is 0 Å². The summed E-state index contributed by atoms with van der Waals surface area (Å²) in [7, 11) is 3.50. The van der Waals surface area contributed by atoms with Crippen LogP contribution >= 0.6 is 0 Å². The van der Waals surface area contributed by atoms with Gasteiger partial charge in [0.25, 0.3) is 5.91 Å². The smallest absolute Gasteiger partial charge is 0.252 e. The molecule has 1 aliphatic carbocycles. The van der Waals surface area contributed by atoms with Gasteiger partial charge >= 0.3 is 0 Å². The third kappa shape index (κ3) is 4.22. The second-order valence-corrected chi connectivity index (χ2v) is 6.95. The van der Waals surface area contributed by atoms with E-state index in [0.717, 1.165) is 22.6 Å². The van der Waals surface area contributed by atoms with Crippen molar-refractivity contribution in [3.8, 4) is 5.75 Å². The minimum atomic E-state index is -0.504. The number of amides is 1. The van der Waals surface area contributed by atoms with E-state index in [1.807, 2.05) is 42.4 Å². The number of hydrogen-bond donors (Lipinski definition) is 2. The molecule has 1 aliphatic heterocycles. The second kappa shape index (κ2) is 7.70. The number of rotatable bonds is 6. The number of nitrogens with one attached hydrogen (secondary N) is 1. The van der Waals surface area contributed by atoms with Crippen LogP contribution in [0.3, 0.4) is 0 Å². The van der Waals surface area contributed by atoms with Gasteiger partial charge in [-0.2, -0.15) is 0 Å². The molecule has 3 rings (SSSR count). The summed E-state index contributed by atoms with van der Waals surface area (Å²) in [6, 6.07) is 7.83. The van der Waals surface area contributed by atoms with Crippen molar-refractivity contribution < 1.29 is 9.53 Å². The summed E-state index contributed by atoms with van der Waals surface area (Å²) in [5.41, 5.74) is 12.1. The average Bonchev–Trinajstić information content (AvgIpc) is 3.49. The number of methoxy groups -OCH3 is 1. The molecule has 1 atom stereocenters. The maximum Gasteiger partial charge on any atom is 0.252 e. The molecule has 1 fully saturated rings. The largest absolute Gasteiger partial charge is 0.497 e. The summed E-state index contributed by atoms with van der Waals surface area (Å²) in [6.07, 6.45) is 5.87. The van der Waals surface area contributed by atoms with Gasteiger partial charge in [0.05, 0.1) is 30.1 Å². The molecule has 1 aromatic rings. The van der Waals surface area contributed by atoms with Crippen molar-refractivity contribution in [1.29, 1.82) is 0 Å². The Morgan fingerprint density at radius 2 is 2.22 bits per heavy atom. The van der Waals surface area contributed by atoms with E-state index in [2.05, 4.69) is 18.9 Å². The molecule has 0 spiro atoms. The lowest BCUT2D eigenvalue weighted by atomic mass is 10.00. The third-order valence-electron chi connectivity index (χ3n) is 4.92. The van der Waals surface area contributed by atoms with Crippen molar-refractivity contribution in [1.82, 2.24) is 10.4 Å². The van der Waals surface area contributed by atoms with Crippen LogP contribution in [0, 0.1) is 5.92 Å². The van der Waals surface area contributed by atoms with E-state index < -0.39 is 5.91 Å². The van der Waals surface area contributed by atoms with E-state index in [1.165, 1.54) is 12.8 Å². The molecular weight excluding hydrogens is 340 g/mol. The number of aliphatic imine (C=N–C) groups is 1. The molecule has 1 aromatic carbocycles. The molecule has 2 aliphatic rings. The van der Waals surface area contributed by atoms with E-state index in [4.69, 9.17) is 15.5 Å². The van der Waals surface area contributed by atoms with Crippen molar-refractivity contribution in [3.63, 3.8) is 0 Å². The Kier molecular flexibility index (Phi) is 5.35. The van der Waals surface area contributed by atoms with Gasteiger partial charge in [-0.1, -0.05) is 18.7 Å². The van der Waals surface area contributed by atoms with Gasteiger partial charge in [0, 0.05) is 13.2 Å². The van der Waals surface area contributed by atoms with Crippen LogP contribution < -0.4 is 15.9 Å². The van der Waals surface area contributed by atoms with Gasteiger partial charge in [-0.3, -0.25) is 14.8 Å². The molecule has 0 bridgehead atoms. The topological polar surface area (TPSA) is 79.9 Å². The molecule has 0 radical (unpaired) electrons. The minimum absolute atomic E-state index is 0.141. The van der Waals surface area contributed by atoms with Gasteiger partial charge in [0.1, 0.15) is 5.75 Å². The lowest BCUT2D eigenvalue weighted by molar-refractivity contribution is -0.114. The van der Waals surface area contributed by atoms with Gasteiger partial charge in [0.2, 0.25) is 0 Å². The lowest BCUT2D eigenvalue weighted by Crippen LogP contribution is -2.41. The van der Waals surface area contributed by atoms with Gasteiger partial charge in [-0.25, -0.2) is 0 Å². The standard InChI is InChI=1S/C21H26N4O2/c1-13(16-6-5-7-17(11-16)27-4)10-19-20(24-14(2)15-8-9-15)18(21(22)26)12-23-25(19)3/h5-7,10-12,14-15,23H,1,8-9H2,2-4H3,(H2,22,26)/b19-10-,24-20?/t14-/m1/s1. The van der Waals surface area contributed by atoms with Crippen molar-refractivity contribution in [3.05, 3.63) is 60.0 Å². The predicted molar refractivity (Wildman–Crippen MR) is 108 cm³/mol. The summed E-state index contributed by atoms with van der Waals surface area (Å²) in [6.45, 7) is 6.27. The highest BCUT2D eigenvalue weighted by atomic mass is 16.5. The van der Waals surface area contributed by atoms with Crippen molar-refractivity contribution in [2.75, 3.05) is 14.2 Å². The maximum atomic E-state index is 12.0. The summed E-state index contributed by atoms with van der Waals surface area (Å²) < 4.78 is 5.29. The molecule has 142 valence electrons. The number of primary amides is 1. The quantitative estimate of drug-likeness (QED) is 0.811. The molecule has 1 saturated carbocycles. The monoisotopic (exact) mass is 366 g/mol. The fraction of sp³-hybridized carbons (Fsp3) is 0.333. The van der Waals surface area contributed by atoms with Crippen molar-refractivity contribution >= 4 is 17.2 Å². The number of ether oxygens (including phenoxy) is 1. The minimum Gasteiger partial charge on any atom is -0.497 e. The first kappa shape index (κ1) is 18.8. The number of allylic oxidation sites excluding steroid dienone is 3. The van der Waals surface area contributed by atoms with E-state index in [-0.39, 0.29) is 6.04 Å². The number of nitrogens with two attached hydrogens (primary N) is 1. The van der Waals surface area contributed by atoms with Crippen LogP contribution in [0.2, 0.25) is 0 Å². The van der Waals surface area contributed by atoms with Crippen LogP contribution in [0.4, 0.5) is 0 Å². The van der Waals surface area contributed by atoms with Gasteiger partial charge in [0.15, 0.2) is 0 Å². The Hall–Kier alpha value is -3.02. The summed E-state index contributed by atoms with van der Waals surface area (Å²) in [5.74, 6) is 0.834. The molecule has 27 heavy (non-hydrogen) atoms. The summed E-state index contributed by atoms with van der Waals surface area (Å²) in [4.78, 5) is 16.8. The zero-order chi connectivity index (χ0) is 19.6. The van der Waals surface area contributed by atoms with Crippen LogP contribution in [0.15, 0.2) is 59.4 Å². The summed E-state index contributed by atoms with van der Waals surface area (Å²) in [5, 5.41) is 1.82. The zero-order valence-electron chi connectivity index (χ0n) is 16.0. The van der Waals surface area contributed by atoms with Crippen LogP contribution in [0.1, 0.15) is 25.3 Å². The van der Waals surface area contributed by atoms with Gasteiger partial charge < -0.3 is 15.9 Å². The van der Waals surface area contributed by atoms with E-state index in [9.17, 15) is 4.79 Å². The first-order valence-corrected chi connectivity index (χ1v) is 9.04. The molecule has 0 unspecified atom stereocenters. The van der Waals surface area contributed by atoms with Crippen LogP contribution in [0.25, 0.3) is 5.57 Å². The molecule has 0 aromatic heterocycles. The normalized spacial score (nSPS) is 20.9. The highest BCUT2D eigenvalue weighted by molar-refractivity contribution is 6.28. The Morgan fingerprint density at radius 1 is 1.48 bits per heavy atom. The van der Waals surface area contributed by atoms with Gasteiger partial charge in [-0.05, 0) is 55.0 Å². The number of hydrogen-bond acceptors (Lipinski definition) is 5. The number of nitrogens with zero attached hydrogens (tertiary/aromatic N) is 2. The Balaban J connectivity index is 2.00. The Labute approximate surface area is 160 Å². The summed E-state index contributed by atoms with van der Waals surface area (Å²) >= 11 is 0. The SMILES string of the molecule is C=C(/C=C1/C(=N[C@H](C)C2CC2)C(C(N)=O)=CNN1C)c1cccc(OC)c1. The predicted octanol–water partition coefficient (Wildman–Crippen LogP) is 2.65. The highest BCUT2D eigenvalue weighted by Gasteiger charge is 2.31. The van der Waals surface area contributed by atoms with Crippen molar-refractivity contribution in [2.45, 2.75) is 25.8 Å². The van der Waals surface area contributed by atoms with Crippen LogP contribution in [-0.4, -0.2) is 36.8 Å². The lowest BCUT2D eigenvalue weighted by Gasteiger charge is -2.30. The fourth-order valence-corrected chi connectivity index (χ4v) is 3.04. The maximum absolute atomic E-state index is 12.0. The molecule has 6 nitrogen and oxygen atoms in total. The number of benzene rings is 1. The van der Waals surface area contributed by atoms with Gasteiger partial charge in [-0.15, -0.1) is 0 Å². The number of carbonyl (C=O) groups excluding carboxylic acids is 1. The first-order chi connectivity index (χ1) is 12.9. The molecule has 1 heterocycles. The van der Waals surface area contributed by atoms with E-state index in [1.54, 1.807) is 13.3 Å². The van der Waals surface area contributed by atoms with Crippen LogP contribution in [-0.2, 0) is 4.79 Å². The second-order valence-electron chi connectivity index (χ2n) is 6.95. The Morgan fingerprint density at radius 3 is 2.85 bits per heavy atom. The Bertz CT molecular complexity index is 849. The molecule has 3 N–H and O–H groups in total. The van der Waals surface area contributed by atoms with E-state index in [0.29, 0.717) is 17.2 Å². The highest BCUT2D eigenvalue weighted by Crippen LogP contribution is 2.35. The number of hydrazine groups is 1. The average molecular weight is 366 g/mol. The molecule has 1 amide bonds. The zero-order valence-corrected chi connectivity index (χ0v) is 16.0. The fourth-order valence-electron chi connectivity index (χ4n) is 3.04. The third-order valence-corrected chi connectivity index (χ3v) is 4.92. The first-order valence-electron chi connectivity index (χ1n) is 9.04. The van der Waals surface area contributed by atoms with Crippen molar-refractivity contribution in [2.24, 2.45) is 16.6 Å². The molecule has 6 heteroatoms.